The number of hydrogen-bond donors (Lipinski definition) is 1. The molecule has 1 heterocycles. The van der Waals surface area contributed by atoms with E-state index < -0.39 is 16.0 Å². The van der Waals surface area contributed by atoms with Gasteiger partial charge in [-0.3, -0.25) is 14.7 Å². The third kappa shape index (κ3) is 3.44. The molecule has 0 aliphatic heterocycles. The SMILES string of the molecule is COC(=O)c1cc(Cl)c(Cl)cc1NS(=O)(=O)c1cccc2nccnc12. The van der Waals surface area contributed by atoms with E-state index in [1.54, 1.807) is 12.1 Å². The number of benzene rings is 2. The Kier molecular flexibility index (Phi) is 4.99. The first-order valence-corrected chi connectivity index (χ1v) is 9.37. The second-order valence-electron chi connectivity index (χ2n) is 5.09. The van der Waals surface area contributed by atoms with Crippen molar-refractivity contribution in [1.29, 1.82) is 0 Å². The molecule has 0 amide bonds. The van der Waals surface area contributed by atoms with E-state index in [4.69, 9.17) is 23.2 Å². The molecule has 3 aromatic rings. The van der Waals surface area contributed by atoms with Crippen LogP contribution in [0.4, 0.5) is 5.69 Å². The first-order valence-electron chi connectivity index (χ1n) is 7.13. The number of ether oxygens (including phenoxy) is 1. The molecular formula is C16H11Cl2N3O4S. The Morgan fingerprint density at radius 1 is 1.12 bits per heavy atom. The van der Waals surface area contributed by atoms with E-state index >= 15 is 0 Å². The second-order valence-corrected chi connectivity index (χ2v) is 7.55. The minimum Gasteiger partial charge on any atom is -0.465 e. The number of nitrogens with one attached hydrogen (secondary N) is 1. The Bertz CT molecular complexity index is 1110. The maximum absolute atomic E-state index is 12.9. The molecule has 0 saturated heterocycles. The number of halogens is 2. The lowest BCUT2D eigenvalue weighted by Gasteiger charge is -2.13. The summed E-state index contributed by atoms with van der Waals surface area (Å²) in [6.45, 7) is 0. The molecule has 3 rings (SSSR count). The van der Waals surface area contributed by atoms with Crippen LogP contribution in [0.5, 0.6) is 0 Å². The van der Waals surface area contributed by atoms with Crippen molar-refractivity contribution in [3.05, 3.63) is 58.3 Å². The number of nitrogens with zero attached hydrogens (tertiary/aromatic N) is 2. The quantitative estimate of drug-likeness (QED) is 0.659. The molecule has 0 saturated carbocycles. The molecule has 134 valence electrons. The smallest absolute Gasteiger partial charge is 0.340 e. The highest BCUT2D eigenvalue weighted by atomic mass is 35.5. The molecule has 26 heavy (non-hydrogen) atoms. The van der Waals surface area contributed by atoms with E-state index in [0.717, 1.165) is 0 Å². The lowest BCUT2D eigenvalue weighted by Crippen LogP contribution is -2.17. The molecule has 10 heteroatoms. The number of sulfonamides is 1. The van der Waals surface area contributed by atoms with Gasteiger partial charge in [-0.2, -0.15) is 0 Å². The number of anilines is 1. The largest absolute Gasteiger partial charge is 0.465 e. The van der Waals surface area contributed by atoms with Crippen LogP contribution in [0.15, 0.2) is 47.6 Å². The Morgan fingerprint density at radius 3 is 2.54 bits per heavy atom. The molecule has 0 radical (unpaired) electrons. The minimum atomic E-state index is -4.10. The monoisotopic (exact) mass is 411 g/mol. The molecule has 2 aromatic carbocycles. The summed E-state index contributed by atoms with van der Waals surface area (Å²) < 4.78 is 32.7. The van der Waals surface area contributed by atoms with Crippen molar-refractivity contribution in [2.45, 2.75) is 4.90 Å². The van der Waals surface area contributed by atoms with Crippen molar-refractivity contribution < 1.29 is 17.9 Å². The van der Waals surface area contributed by atoms with Gasteiger partial charge in [-0.05, 0) is 24.3 Å². The number of para-hydroxylation sites is 1. The fourth-order valence-corrected chi connectivity index (χ4v) is 3.86. The topological polar surface area (TPSA) is 98.2 Å². The van der Waals surface area contributed by atoms with Crippen molar-refractivity contribution >= 4 is 55.9 Å². The predicted molar refractivity (Wildman–Crippen MR) is 98.1 cm³/mol. The number of rotatable bonds is 4. The molecule has 7 nitrogen and oxygen atoms in total. The average molecular weight is 412 g/mol. The summed E-state index contributed by atoms with van der Waals surface area (Å²) in [5, 5.41) is 0.167. The van der Waals surface area contributed by atoms with Crippen molar-refractivity contribution in [1.82, 2.24) is 9.97 Å². The summed E-state index contributed by atoms with van der Waals surface area (Å²) in [6, 6.07) is 7.04. The van der Waals surface area contributed by atoms with Crippen molar-refractivity contribution in [2.24, 2.45) is 0 Å². The van der Waals surface area contributed by atoms with Crippen LogP contribution in [-0.2, 0) is 14.8 Å². The van der Waals surface area contributed by atoms with Crippen molar-refractivity contribution in [3.63, 3.8) is 0 Å². The third-order valence-corrected chi connectivity index (χ3v) is 5.58. The number of fused-ring (bicyclic) bond motifs is 1. The van der Waals surface area contributed by atoms with Crippen LogP contribution < -0.4 is 4.72 Å². The zero-order valence-electron chi connectivity index (χ0n) is 13.2. The van der Waals surface area contributed by atoms with Crippen LogP contribution in [-0.4, -0.2) is 31.5 Å². The highest BCUT2D eigenvalue weighted by molar-refractivity contribution is 7.93. The highest BCUT2D eigenvalue weighted by Gasteiger charge is 2.23. The van der Waals surface area contributed by atoms with Crippen LogP contribution in [0, 0.1) is 0 Å². The fourth-order valence-electron chi connectivity index (χ4n) is 2.29. The molecule has 1 N–H and O–H groups in total. The molecular weight excluding hydrogens is 401 g/mol. The van der Waals surface area contributed by atoms with Gasteiger partial charge in [0.1, 0.15) is 10.4 Å². The maximum atomic E-state index is 12.9. The lowest BCUT2D eigenvalue weighted by atomic mass is 10.2. The van der Waals surface area contributed by atoms with Crippen molar-refractivity contribution in [3.8, 4) is 0 Å². The Hall–Kier alpha value is -2.42. The predicted octanol–water partition coefficient (Wildman–Crippen LogP) is 3.52. The van der Waals surface area contributed by atoms with Crippen LogP contribution >= 0.6 is 23.2 Å². The first kappa shape index (κ1) is 18.4. The van der Waals surface area contributed by atoms with Crippen LogP contribution in [0.3, 0.4) is 0 Å². The molecule has 0 aliphatic carbocycles. The molecule has 0 bridgehead atoms. The summed E-state index contributed by atoms with van der Waals surface area (Å²) >= 11 is 11.9. The molecule has 1 aromatic heterocycles. The van der Waals surface area contributed by atoms with E-state index in [1.165, 1.54) is 37.7 Å². The van der Waals surface area contributed by atoms with Crippen LogP contribution in [0.1, 0.15) is 10.4 Å². The van der Waals surface area contributed by atoms with Gasteiger partial charge in [-0.25, -0.2) is 13.2 Å². The number of methoxy groups -OCH3 is 1. The summed E-state index contributed by atoms with van der Waals surface area (Å²) in [7, 11) is -2.93. The number of carbonyl (C=O) groups is 1. The van der Waals surface area contributed by atoms with Gasteiger partial charge in [0.2, 0.25) is 0 Å². The molecule has 0 fully saturated rings. The number of carbonyl (C=O) groups excluding carboxylic acids is 1. The molecule has 0 atom stereocenters. The van der Waals surface area contributed by atoms with Crippen LogP contribution in [0.25, 0.3) is 11.0 Å². The Labute approximate surface area is 159 Å². The first-order chi connectivity index (χ1) is 12.3. The van der Waals surface area contributed by atoms with Gasteiger partial charge in [-0.1, -0.05) is 29.3 Å². The second kappa shape index (κ2) is 7.06. The third-order valence-electron chi connectivity index (χ3n) is 3.46. The van der Waals surface area contributed by atoms with Gasteiger partial charge < -0.3 is 4.74 Å². The summed E-state index contributed by atoms with van der Waals surface area (Å²) in [6.07, 6.45) is 2.85. The van der Waals surface area contributed by atoms with Gasteiger partial charge in [0.25, 0.3) is 10.0 Å². The minimum absolute atomic E-state index is 0.0628. The summed E-state index contributed by atoms with van der Waals surface area (Å²) in [5.74, 6) is -0.765. The standard InChI is InChI=1S/C16H11Cl2N3O4S/c1-25-16(22)9-7-10(17)11(18)8-13(9)21-26(23,24)14-4-2-3-12-15(14)20-6-5-19-12/h2-8,21H,1H3. The Balaban J connectivity index is 2.13. The maximum Gasteiger partial charge on any atom is 0.340 e. The van der Waals surface area contributed by atoms with Gasteiger partial charge in [0, 0.05) is 12.4 Å². The van der Waals surface area contributed by atoms with E-state index in [-0.39, 0.29) is 31.7 Å². The zero-order chi connectivity index (χ0) is 18.9. The number of hydrogen-bond acceptors (Lipinski definition) is 6. The molecule has 0 aliphatic rings. The van der Waals surface area contributed by atoms with E-state index in [1.807, 2.05) is 0 Å². The van der Waals surface area contributed by atoms with Crippen LogP contribution in [0.2, 0.25) is 10.0 Å². The molecule has 0 spiro atoms. The van der Waals surface area contributed by atoms with Gasteiger partial charge in [0.05, 0.1) is 33.9 Å². The van der Waals surface area contributed by atoms with E-state index in [9.17, 15) is 13.2 Å². The number of aromatic nitrogens is 2. The van der Waals surface area contributed by atoms with Crippen molar-refractivity contribution in [2.75, 3.05) is 11.8 Å². The van der Waals surface area contributed by atoms with Gasteiger partial charge >= 0.3 is 5.97 Å². The van der Waals surface area contributed by atoms with E-state index in [2.05, 4.69) is 19.4 Å². The van der Waals surface area contributed by atoms with E-state index in [0.29, 0.717) is 5.52 Å². The highest BCUT2D eigenvalue weighted by Crippen LogP contribution is 2.31. The average Bonchev–Trinajstić information content (AvgIpc) is 2.63. The Morgan fingerprint density at radius 2 is 1.81 bits per heavy atom. The molecule has 0 unspecified atom stereocenters. The zero-order valence-corrected chi connectivity index (χ0v) is 15.6. The summed E-state index contributed by atoms with van der Waals surface area (Å²) in [5.41, 5.74) is 0.476. The summed E-state index contributed by atoms with van der Waals surface area (Å²) in [4.78, 5) is 20.0. The normalized spacial score (nSPS) is 11.3. The fraction of sp³-hybridized carbons (Fsp3) is 0.0625. The number of esters is 1. The van der Waals surface area contributed by atoms with Gasteiger partial charge in [0.15, 0.2) is 0 Å². The lowest BCUT2D eigenvalue weighted by molar-refractivity contribution is 0.0602. The van der Waals surface area contributed by atoms with Gasteiger partial charge in [-0.15, -0.1) is 0 Å².